The number of hydrogen-bond acceptors (Lipinski definition) is 6. The van der Waals surface area contributed by atoms with Gasteiger partial charge in [0.05, 0.1) is 43.1 Å². The average molecular weight is 533 g/mol. The van der Waals surface area contributed by atoms with Gasteiger partial charge in [0.2, 0.25) is 0 Å². The maximum atomic E-state index is 13.4. The van der Waals surface area contributed by atoms with E-state index in [1.54, 1.807) is 31.0 Å². The first-order valence-corrected chi connectivity index (χ1v) is 11.4. The summed E-state index contributed by atoms with van der Waals surface area (Å²) in [6, 6.07) is 4.90. The second-order valence-electron chi connectivity index (χ2n) is 8.87. The number of nitrogens with one attached hydrogen (secondary N) is 1. The highest BCUT2D eigenvalue weighted by atomic mass is 19.3. The van der Waals surface area contributed by atoms with Crippen LogP contribution in [0.4, 0.5) is 17.6 Å². The number of ether oxygens (including phenoxy) is 3. The first-order valence-electron chi connectivity index (χ1n) is 11.4. The molecule has 200 valence electrons. The molecular weight excluding hydrogens is 510 g/mol. The molecule has 1 atom stereocenters. The maximum Gasteiger partial charge on any atom is 0.387 e. The molecule has 1 amide bonds. The molecule has 2 aromatic heterocycles. The Morgan fingerprint density at radius 1 is 1.05 bits per heavy atom. The number of aromatic nitrogens is 4. The van der Waals surface area contributed by atoms with Crippen LogP contribution in [0.15, 0.2) is 36.7 Å². The molecule has 0 unspecified atom stereocenters. The third-order valence-electron chi connectivity index (χ3n) is 6.29. The number of amides is 1. The zero-order valence-corrected chi connectivity index (χ0v) is 20.8. The number of hydrogen-bond donors (Lipinski definition) is 1. The number of halogens is 4. The Morgan fingerprint density at radius 2 is 1.71 bits per heavy atom. The van der Waals surface area contributed by atoms with Gasteiger partial charge in [-0.05, 0) is 29.8 Å². The molecule has 1 N–H and O–H groups in total. The van der Waals surface area contributed by atoms with Crippen molar-refractivity contribution in [1.82, 2.24) is 24.9 Å². The molecule has 0 bridgehead atoms. The number of nitrogens with zero attached hydrogens (tertiary/aromatic N) is 4. The normalized spacial score (nSPS) is 16.1. The van der Waals surface area contributed by atoms with Gasteiger partial charge in [-0.15, -0.1) is 0 Å². The molecule has 1 aliphatic carbocycles. The van der Waals surface area contributed by atoms with Crippen LogP contribution in [-0.2, 0) is 14.1 Å². The number of alkyl halides is 4. The predicted molar refractivity (Wildman–Crippen MR) is 129 cm³/mol. The third-order valence-corrected chi connectivity index (χ3v) is 6.29. The van der Waals surface area contributed by atoms with Gasteiger partial charge in [-0.3, -0.25) is 14.2 Å². The van der Waals surface area contributed by atoms with E-state index in [0.29, 0.717) is 27.9 Å². The minimum absolute atomic E-state index is 0.139. The lowest BCUT2D eigenvalue weighted by molar-refractivity contribution is -0.0502. The lowest BCUT2D eigenvalue weighted by atomic mass is 10.0. The molecule has 9 nitrogen and oxygen atoms in total. The molecule has 1 aliphatic rings. The summed E-state index contributed by atoms with van der Waals surface area (Å²) in [5, 5.41) is 11.5. The SMILES string of the molecule is COc1cc(-c2c3c(OC)cc(-c4cnn(C)c4)cc3nn2C)cc(OC(F)F)c1C(=O)N[C@@H]1CC1(F)F. The van der Waals surface area contributed by atoms with Crippen LogP contribution in [0.5, 0.6) is 17.2 Å². The zero-order valence-electron chi connectivity index (χ0n) is 20.8. The second-order valence-corrected chi connectivity index (χ2v) is 8.87. The van der Waals surface area contributed by atoms with Gasteiger partial charge in [-0.1, -0.05) is 0 Å². The van der Waals surface area contributed by atoms with Gasteiger partial charge in [0.1, 0.15) is 22.8 Å². The molecule has 0 radical (unpaired) electrons. The molecule has 0 saturated heterocycles. The van der Waals surface area contributed by atoms with Crippen molar-refractivity contribution in [3.63, 3.8) is 0 Å². The van der Waals surface area contributed by atoms with Gasteiger partial charge < -0.3 is 19.5 Å². The van der Waals surface area contributed by atoms with Gasteiger partial charge in [-0.25, -0.2) is 8.78 Å². The zero-order chi connectivity index (χ0) is 27.4. The van der Waals surface area contributed by atoms with Crippen LogP contribution in [0.1, 0.15) is 16.8 Å². The first kappa shape index (κ1) is 25.4. The van der Waals surface area contributed by atoms with E-state index in [1.807, 2.05) is 12.3 Å². The van der Waals surface area contributed by atoms with Gasteiger partial charge >= 0.3 is 6.61 Å². The Kier molecular flexibility index (Phi) is 6.16. The highest BCUT2D eigenvalue weighted by Crippen LogP contribution is 2.44. The fraction of sp³-hybridized carbons (Fsp3) is 0.320. The van der Waals surface area contributed by atoms with E-state index in [0.717, 1.165) is 11.1 Å². The summed E-state index contributed by atoms with van der Waals surface area (Å²) in [7, 11) is 6.18. The molecular formula is C25H23F4N5O4. The van der Waals surface area contributed by atoms with Gasteiger partial charge in [0.15, 0.2) is 0 Å². The van der Waals surface area contributed by atoms with Crippen molar-refractivity contribution in [3.8, 4) is 39.6 Å². The number of methoxy groups -OCH3 is 2. The molecule has 2 heterocycles. The smallest absolute Gasteiger partial charge is 0.387 e. The molecule has 2 aromatic carbocycles. The number of carbonyl (C=O) groups excluding carboxylic acids is 1. The van der Waals surface area contributed by atoms with Crippen molar-refractivity contribution >= 4 is 16.8 Å². The second kappa shape index (κ2) is 9.23. The van der Waals surface area contributed by atoms with E-state index >= 15 is 0 Å². The summed E-state index contributed by atoms with van der Waals surface area (Å²) in [5.41, 5.74) is 2.56. The summed E-state index contributed by atoms with van der Waals surface area (Å²) in [5.74, 6) is -4.28. The molecule has 4 aromatic rings. The number of aryl methyl sites for hydroxylation is 2. The molecule has 1 saturated carbocycles. The van der Waals surface area contributed by atoms with Crippen LogP contribution in [0.2, 0.25) is 0 Å². The maximum absolute atomic E-state index is 13.4. The van der Waals surface area contributed by atoms with Gasteiger partial charge in [0.25, 0.3) is 11.8 Å². The number of benzene rings is 2. The van der Waals surface area contributed by atoms with Crippen LogP contribution in [0.3, 0.4) is 0 Å². The van der Waals surface area contributed by atoms with E-state index in [2.05, 4.69) is 20.3 Å². The Labute approximate surface area is 213 Å². The van der Waals surface area contributed by atoms with Gasteiger partial charge in [0, 0.05) is 37.8 Å². The summed E-state index contributed by atoms with van der Waals surface area (Å²) < 4.78 is 72.4. The van der Waals surface area contributed by atoms with Crippen molar-refractivity contribution in [2.75, 3.05) is 14.2 Å². The average Bonchev–Trinajstić information content (AvgIpc) is 3.15. The molecule has 13 heteroatoms. The predicted octanol–water partition coefficient (Wildman–Crippen LogP) is 4.40. The van der Waals surface area contributed by atoms with Crippen LogP contribution in [0, 0.1) is 0 Å². The van der Waals surface area contributed by atoms with Crippen LogP contribution in [-0.4, -0.2) is 58.3 Å². The molecule has 38 heavy (non-hydrogen) atoms. The van der Waals surface area contributed by atoms with Crippen molar-refractivity contribution in [1.29, 1.82) is 0 Å². The molecule has 0 spiro atoms. The minimum atomic E-state index is -3.29. The lowest BCUT2D eigenvalue weighted by Gasteiger charge is -2.17. The van der Waals surface area contributed by atoms with Crippen LogP contribution in [0.25, 0.3) is 33.3 Å². The highest BCUT2D eigenvalue weighted by Gasteiger charge is 2.58. The van der Waals surface area contributed by atoms with E-state index < -0.39 is 42.2 Å². The van der Waals surface area contributed by atoms with E-state index in [1.165, 1.54) is 31.0 Å². The molecule has 1 fully saturated rings. The fourth-order valence-corrected chi connectivity index (χ4v) is 4.42. The Morgan fingerprint density at radius 3 is 2.29 bits per heavy atom. The molecule has 5 rings (SSSR count). The fourth-order valence-electron chi connectivity index (χ4n) is 4.42. The van der Waals surface area contributed by atoms with E-state index in [-0.39, 0.29) is 5.75 Å². The first-order chi connectivity index (χ1) is 18.0. The highest BCUT2D eigenvalue weighted by molar-refractivity contribution is 6.04. The van der Waals surface area contributed by atoms with E-state index in [9.17, 15) is 22.4 Å². The number of fused-ring (bicyclic) bond motifs is 1. The quantitative estimate of drug-likeness (QED) is 0.338. The largest absolute Gasteiger partial charge is 0.496 e. The van der Waals surface area contributed by atoms with Crippen molar-refractivity contribution in [3.05, 3.63) is 42.2 Å². The van der Waals surface area contributed by atoms with Crippen LogP contribution < -0.4 is 19.5 Å². The summed E-state index contributed by atoms with van der Waals surface area (Å²) in [4.78, 5) is 12.8. The minimum Gasteiger partial charge on any atom is -0.496 e. The summed E-state index contributed by atoms with van der Waals surface area (Å²) >= 11 is 0. The van der Waals surface area contributed by atoms with Crippen LogP contribution >= 0.6 is 0 Å². The number of carbonyl (C=O) groups is 1. The monoisotopic (exact) mass is 533 g/mol. The van der Waals surface area contributed by atoms with E-state index in [4.69, 9.17) is 9.47 Å². The topological polar surface area (TPSA) is 92.4 Å². The van der Waals surface area contributed by atoms with Crippen molar-refractivity contribution in [2.45, 2.75) is 25.0 Å². The third kappa shape index (κ3) is 4.48. The van der Waals surface area contributed by atoms with Gasteiger partial charge in [-0.2, -0.15) is 19.0 Å². The Hall–Kier alpha value is -4.29. The Balaban J connectivity index is 1.66. The summed E-state index contributed by atoms with van der Waals surface area (Å²) in [6.07, 6.45) is 3.00. The Bertz CT molecular complexity index is 1550. The summed E-state index contributed by atoms with van der Waals surface area (Å²) in [6.45, 7) is -3.29. The lowest BCUT2D eigenvalue weighted by Crippen LogP contribution is -2.30. The number of rotatable bonds is 8. The standard InChI is InChI=1S/C25H23F4N5O4/c1-33-11-14(10-30-33)12-5-15-20(16(6-12)36-3)22(34(2)32-15)13-7-17(37-4)21(18(8-13)38-24(26)27)23(35)31-19-9-25(19,28)29/h5-8,10-11,19,24H,9H2,1-4H3,(H,31,35)/t19-/m1/s1. The van der Waals surface area contributed by atoms with Crippen molar-refractivity contribution in [2.24, 2.45) is 14.1 Å². The molecule has 0 aliphatic heterocycles. The van der Waals surface area contributed by atoms with Crippen molar-refractivity contribution < 1.29 is 36.6 Å².